The Labute approximate surface area is 88.8 Å². The van der Waals surface area contributed by atoms with E-state index in [0.29, 0.717) is 5.92 Å². The van der Waals surface area contributed by atoms with Gasteiger partial charge in [0.2, 0.25) is 0 Å². The fourth-order valence-electron chi connectivity index (χ4n) is 2.47. The van der Waals surface area contributed by atoms with Gasteiger partial charge in [0, 0.05) is 0 Å². The van der Waals surface area contributed by atoms with Gasteiger partial charge in [-0.15, -0.1) is 0 Å². The topological polar surface area (TPSA) is 52.3 Å². The minimum absolute atomic E-state index is 0.0938. The molecule has 0 amide bonds. The SMILES string of the molecule is COC(=O)C(N)C1(C2CCSC2)CC1. The molecule has 0 aromatic carbocycles. The van der Waals surface area contributed by atoms with Crippen molar-refractivity contribution in [2.24, 2.45) is 17.1 Å². The lowest BCUT2D eigenvalue weighted by atomic mass is 9.82. The van der Waals surface area contributed by atoms with Crippen LogP contribution in [0.3, 0.4) is 0 Å². The van der Waals surface area contributed by atoms with Crippen molar-refractivity contribution in [2.45, 2.75) is 25.3 Å². The molecule has 2 rings (SSSR count). The molecule has 0 bridgehead atoms. The van der Waals surface area contributed by atoms with Crippen molar-refractivity contribution in [1.82, 2.24) is 0 Å². The smallest absolute Gasteiger partial charge is 0.323 e. The molecule has 0 spiro atoms. The van der Waals surface area contributed by atoms with Crippen molar-refractivity contribution >= 4 is 17.7 Å². The first-order valence-electron chi connectivity index (χ1n) is 5.12. The van der Waals surface area contributed by atoms with Gasteiger partial charge in [-0.2, -0.15) is 11.8 Å². The van der Waals surface area contributed by atoms with E-state index in [0.717, 1.165) is 12.8 Å². The molecule has 2 atom stereocenters. The van der Waals surface area contributed by atoms with Crippen LogP contribution in [0.1, 0.15) is 19.3 Å². The predicted molar refractivity (Wildman–Crippen MR) is 57.1 cm³/mol. The van der Waals surface area contributed by atoms with Crippen LogP contribution in [0.4, 0.5) is 0 Å². The number of nitrogens with two attached hydrogens (primary N) is 1. The van der Waals surface area contributed by atoms with E-state index in [-0.39, 0.29) is 11.4 Å². The summed E-state index contributed by atoms with van der Waals surface area (Å²) in [6.07, 6.45) is 3.43. The van der Waals surface area contributed by atoms with Crippen LogP contribution in [0.15, 0.2) is 0 Å². The van der Waals surface area contributed by atoms with Gasteiger partial charge in [-0.25, -0.2) is 0 Å². The van der Waals surface area contributed by atoms with E-state index in [1.165, 1.54) is 25.0 Å². The number of methoxy groups -OCH3 is 1. The van der Waals surface area contributed by atoms with Gasteiger partial charge in [0.15, 0.2) is 0 Å². The van der Waals surface area contributed by atoms with Gasteiger partial charge in [-0.1, -0.05) is 0 Å². The third kappa shape index (κ3) is 1.54. The lowest BCUT2D eigenvalue weighted by molar-refractivity contribution is -0.144. The largest absolute Gasteiger partial charge is 0.468 e. The van der Waals surface area contributed by atoms with Gasteiger partial charge in [-0.3, -0.25) is 4.79 Å². The van der Waals surface area contributed by atoms with Gasteiger partial charge in [0.1, 0.15) is 6.04 Å². The van der Waals surface area contributed by atoms with Crippen LogP contribution in [0.5, 0.6) is 0 Å². The van der Waals surface area contributed by atoms with E-state index in [4.69, 9.17) is 10.5 Å². The zero-order chi connectivity index (χ0) is 10.2. The molecule has 1 saturated carbocycles. The molecule has 1 aliphatic carbocycles. The number of carbonyl (C=O) groups excluding carboxylic acids is 1. The van der Waals surface area contributed by atoms with Crippen LogP contribution >= 0.6 is 11.8 Å². The van der Waals surface area contributed by atoms with Crippen molar-refractivity contribution in [3.05, 3.63) is 0 Å². The number of rotatable bonds is 3. The maximum absolute atomic E-state index is 11.4. The highest BCUT2D eigenvalue weighted by atomic mass is 32.2. The van der Waals surface area contributed by atoms with Crippen LogP contribution < -0.4 is 5.73 Å². The minimum Gasteiger partial charge on any atom is -0.468 e. The molecule has 2 N–H and O–H groups in total. The normalized spacial score (nSPS) is 31.1. The number of thioether (sulfide) groups is 1. The molecule has 1 heterocycles. The molecule has 0 radical (unpaired) electrons. The Hall–Kier alpha value is -0.220. The quantitative estimate of drug-likeness (QED) is 0.714. The Morgan fingerprint density at radius 3 is 2.79 bits per heavy atom. The highest BCUT2D eigenvalue weighted by Gasteiger charge is 2.56. The molecule has 4 heteroatoms. The van der Waals surface area contributed by atoms with Crippen molar-refractivity contribution < 1.29 is 9.53 Å². The Morgan fingerprint density at radius 1 is 1.64 bits per heavy atom. The van der Waals surface area contributed by atoms with Crippen LogP contribution in [-0.2, 0) is 9.53 Å². The van der Waals surface area contributed by atoms with Gasteiger partial charge < -0.3 is 10.5 Å². The summed E-state index contributed by atoms with van der Waals surface area (Å²) in [5, 5.41) is 0. The molecule has 1 aliphatic heterocycles. The summed E-state index contributed by atoms with van der Waals surface area (Å²) < 4.78 is 4.73. The molecule has 3 nitrogen and oxygen atoms in total. The average molecular weight is 215 g/mol. The lowest BCUT2D eigenvalue weighted by Gasteiger charge is -2.26. The van der Waals surface area contributed by atoms with E-state index in [9.17, 15) is 4.79 Å². The number of hydrogen-bond acceptors (Lipinski definition) is 4. The minimum atomic E-state index is -0.392. The summed E-state index contributed by atoms with van der Waals surface area (Å²) in [4.78, 5) is 11.4. The standard InChI is InChI=1S/C10H17NO2S/c1-13-9(12)8(11)10(3-4-10)7-2-5-14-6-7/h7-8H,2-6,11H2,1H3. The maximum Gasteiger partial charge on any atom is 0.323 e. The van der Waals surface area contributed by atoms with Crippen molar-refractivity contribution in [2.75, 3.05) is 18.6 Å². The van der Waals surface area contributed by atoms with E-state index < -0.39 is 6.04 Å². The first-order chi connectivity index (χ1) is 6.70. The summed E-state index contributed by atoms with van der Waals surface area (Å²) in [7, 11) is 1.42. The molecule has 2 aliphatic rings. The number of ether oxygens (including phenoxy) is 1. The summed E-state index contributed by atoms with van der Waals surface area (Å²) >= 11 is 1.98. The van der Waals surface area contributed by atoms with Crippen molar-refractivity contribution in [3.63, 3.8) is 0 Å². The van der Waals surface area contributed by atoms with E-state index in [2.05, 4.69) is 0 Å². The van der Waals surface area contributed by atoms with E-state index in [1.54, 1.807) is 0 Å². The molecular formula is C10H17NO2S. The second kappa shape index (κ2) is 3.74. The summed E-state index contributed by atoms with van der Waals surface area (Å²) in [5.41, 5.74) is 6.06. The molecule has 2 unspecified atom stereocenters. The zero-order valence-corrected chi connectivity index (χ0v) is 9.31. The highest BCUT2D eigenvalue weighted by molar-refractivity contribution is 7.99. The first kappa shape index (κ1) is 10.3. The van der Waals surface area contributed by atoms with Crippen LogP contribution in [-0.4, -0.2) is 30.6 Å². The Bertz CT molecular complexity index is 234. The van der Waals surface area contributed by atoms with Crippen LogP contribution in [0.25, 0.3) is 0 Å². The molecule has 2 fully saturated rings. The Morgan fingerprint density at radius 2 is 2.36 bits per heavy atom. The lowest BCUT2D eigenvalue weighted by Crippen LogP contribution is -2.44. The van der Waals surface area contributed by atoms with Gasteiger partial charge >= 0.3 is 5.97 Å². The summed E-state index contributed by atoms with van der Waals surface area (Å²) in [6, 6.07) is -0.392. The van der Waals surface area contributed by atoms with E-state index >= 15 is 0 Å². The Balaban J connectivity index is 2.04. The third-order valence-electron chi connectivity index (χ3n) is 3.64. The van der Waals surface area contributed by atoms with E-state index in [1.807, 2.05) is 11.8 Å². The summed E-state index contributed by atoms with van der Waals surface area (Å²) in [5.74, 6) is 2.80. The van der Waals surface area contributed by atoms with Crippen LogP contribution in [0.2, 0.25) is 0 Å². The second-order valence-corrected chi connectivity index (χ2v) is 5.44. The summed E-state index contributed by atoms with van der Waals surface area (Å²) in [6.45, 7) is 0. The molecule has 80 valence electrons. The number of carbonyl (C=O) groups is 1. The third-order valence-corrected chi connectivity index (χ3v) is 4.81. The second-order valence-electron chi connectivity index (χ2n) is 4.29. The monoisotopic (exact) mass is 215 g/mol. The van der Waals surface area contributed by atoms with Crippen molar-refractivity contribution in [3.8, 4) is 0 Å². The van der Waals surface area contributed by atoms with Gasteiger partial charge in [0.05, 0.1) is 7.11 Å². The number of esters is 1. The van der Waals surface area contributed by atoms with Gasteiger partial charge in [-0.05, 0) is 42.1 Å². The highest BCUT2D eigenvalue weighted by Crippen LogP contribution is 2.58. The van der Waals surface area contributed by atoms with Crippen molar-refractivity contribution in [1.29, 1.82) is 0 Å². The first-order valence-corrected chi connectivity index (χ1v) is 6.27. The van der Waals surface area contributed by atoms with Crippen LogP contribution in [0, 0.1) is 11.3 Å². The molecule has 0 aromatic heterocycles. The molecule has 1 saturated heterocycles. The Kier molecular flexibility index (Phi) is 2.75. The predicted octanol–water partition coefficient (Wildman–Crippen LogP) is 1.02. The maximum atomic E-state index is 11.4. The fraction of sp³-hybridized carbons (Fsp3) is 0.900. The molecular weight excluding hydrogens is 198 g/mol. The molecule has 0 aromatic rings. The number of hydrogen-bond donors (Lipinski definition) is 1. The average Bonchev–Trinajstić information content (AvgIpc) is 2.84. The zero-order valence-electron chi connectivity index (χ0n) is 8.49. The molecule has 14 heavy (non-hydrogen) atoms. The fourth-order valence-corrected chi connectivity index (χ4v) is 3.87. The van der Waals surface area contributed by atoms with Gasteiger partial charge in [0.25, 0.3) is 0 Å².